The molecule has 0 saturated carbocycles. The molecule has 1 aromatic rings. The second kappa shape index (κ2) is 5.42. The normalized spacial score (nSPS) is 12.9. The molecule has 1 unspecified atom stereocenters. The van der Waals surface area contributed by atoms with E-state index in [2.05, 4.69) is 19.9 Å². The summed E-state index contributed by atoms with van der Waals surface area (Å²) < 4.78 is 5.34. The van der Waals surface area contributed by atoms with Crippen molar-refractivity contribution in [2.75, 3.05) is 7.11 Å². The molecule has 0 radical (unpaired) electrons. The summed E-state index contributed by atoms with van der Waals surface area (Å²) in [5, 5.41) is 0.551. The SMILES string of the molecule is COc1cccc(SC(C)C)c1C(C)N. The first-order valence-corrected chi connectivity index (χ1v) is 6.03. The Balaban J connectivity index is 3.13. The Labute approximate surface area is 96.2 Å². The molecule has 15 heavy (non-hydrogen) atoms. The van der Waals surface area contributed by atoms with Gasteiger partial charge in [-0.15, -0.1) is 11.8 Å². The van der Waals surface area contributed by atoms with Crippen LogP contribution in [0.5, 0.6) is 5.75 Å². The Morgan fingerprint density at radius 2 is 1.93 bits per heavy atom. The highest BCUT2D eigenvalue weighted by Gasteiger charge is 2.13. The van der Waals surface area contributed by atoms with E-state index in [0.29, 0.717) is 5.25 Å². The molecule has 2 nitrogen and oxygen atoms in total. The first-order valence-electron chi connectivity index (χ1n) is 5.15. The van der Waals surface area contributed by atoms with Crippen LogP contribution in [0, 0.1) is 0 Å². The van der Waals surface area contributed by atoms with Crippen LogP contribution in [0.2, 0.25) is 0 Å². The molecule has 1 rings (SSSR count). The fourth-order valence-corrected chi connectivity index (χ4v) is 2.59. The van der Waals surface area contributed by atoms with Gasteiger partial charge in [0.2, 0.25) is 0 Å². The maximum Gasteiger partial charge on any atom is 0.124 e. The summed E-state index contributed by atoms with van der Waals surface area (Å²) in [5.41, 5.74) is 7.08. The van der Waals surface area contributed by atoms with Crippen molar-refractivity contribution in [1.82, 2.24) is 0 Å². The van der Waals surface area contributed by atoms with Gasteiger partial charge in [-0.3, -0.25) is 0 Å². The summed E-state index contributed by atoms with van der Waals surface area (Å²) in [6.07, 6.45) is 0. The van der Waals surface area contributed by atoms with Gasteiger partial charge < -0.3 is 10.5 Å². The zero-order chi connectivity index (χ0) is 11.4. The Bertz CT molecular complexity index is 323. The van der Waals surface area contributed by atoms with Crippen LogP contribution in [0.3, 0.4) is 0 Å². The van der Waals surface area contributed by atoms with E-state index < -0.39 is 0 Å². The Kier molecular flexibility index (Phi) is 4.48. The summed E-state index contributed by atoms with van der Waals surface area (Å²) in [5.74, 6) is 0.885. The van der Waals surface area contributed by atoms with Gasteiger partial charge in [0.05, 0.1) is 7.11 Å². The molecule has 2 N–H and O–H groups in total. The van der Waals surface area contributed by atoms with Gasteiger partial charge in [-0.2, -0.15) is 0 Å². The van der Waals surface area contributed by atoms with Gasteiger partial charge in [-0.05, 0) is 19.1 Å². The molecule has 0 aliphatic heterocycles. The van der Waals surface area contributed by atoms with Gasteiger partial charge >= 0.3 is 0 Å². The highest BCUT2D eigenvalue weighted by atomic mass is 32.2. The van der Waals surface area contributed by atoms with Crippen LogP contribution in [0.1, 0.15) is 32.4 Å². The van der Waals surface area contributed by atoms with Crippen LogP contribution in [0.25, 0.3) is 0 Å². The third-order valence-electron chi connectivity index (χ3n) is 2.06. The van der Waals surface area contributed by atoms with Gasteiger partial charge in [0, 0.05) is 21.8 Å². The van der Waals surface area contributed by atoms with Crippen molar-refractivity contribution >= 4 is 11.8 Å². The third-order valence-corrected chi connectivity index (χ3v) is 3.15. The smallest absolute Gasteiger partial charge is 0.124 e. The maximum absolute atomic E-state index is 5.97. The van der Waals surface area contributed by atoms with Gasteiger partial charge in [-0.25, -0.2) is 0 Å². The molecule has 0 saturated heterocycles. The lowest BCUT2D eigenvalue weighted by Crippen LogP contribution is -2.09. The van der Waals surface area contributed by atoms with Crippen molar-refractivity contribution in [2.24, 2.45) is 5.73 Å². The van der Waals surface area contributed by atoms with Crippen molar-refractivity contribution in [1.29, 1.82) is 0 Å². The molecule has 0 amide bonds. The predicted molar refractivity (Wildman–Crippen MR) is 66.6 cm³/mol. The van der Waals surface area contributed by atoms with Gasteiger partial charge in [-0.1, -0.05) is 19.9 Å². The van der Waals surface area contributed by atoms with E-state index >= 15 is 0 Å². The van der Waals surface area contributed by atoms with Crippen molar-refractivity contribution in [3.05, 3.63) is 23.8 Å². The second-order valence-corrected chi connectivity index (χ2v) is 5.45. The molecule has 0 spiro atoms. The minimum atomic E-state index is 0.00222. The molecule has 0 heterocycles. The van der Waals surface area contributed by atoms with Crippen molar-refractivity contribution in [3.63, 3.8) is 0 Å². The van der Waals surface area contributed by atoms with E-state index in [0.717, 1.165) is 11.3 Å². The standard InChI is InChI=1S/C12H19NOS/c1-8(2)15-11-7-5-6-10(14-4)12(11)9(3)13/h5-9H,13H2,1-4H3. The lowest BCUT2D eigenvalue weighted by atomic mass is 10.1. The highest BCUT2D eigenvalue weighted by Crippen LogP contribution is 2.35. The van der Waals surface area contributed by atoms with Gasteiger partial charge in [0.15, 0.2) is 0 Å². The number of ether oxygens (including phenoxy) is 1. The van der Waals surface area contributed by atoms with E-state index in [9.17, 15) is 0 Å². The average Bonchev–Trinajstić information content (AvgIpc) is 2.15. The van der Waals surface area contributed by atoms with Crippen LogP contribution in [-0.4, -0.2) is 12.4 Å². The van der Waals surface area contributed by atoms with Crippen LogP contribution in [0.15, 0.2) is 23.1 Å². The van der Waals surface area contributed by atoms with Gasteiger partial charge in [0.1, 0.15) is 5.75 Å². The number of hydrogen-bond acceptors (Lipinski definition) is 3. The number of benzene rings is 1. The van der Waals surface area contributed by atoms with E-state index in [1.165, 1.54) is 4.90 Å². The zero-order valence-electron chi connectivity index (χ0n) is 9.78. The summed E-state index contributed by atoms with van der Waals surface area (Å²) >= 11 is 1.82. The number of nitrogens with two attached hydrogens (primary N) is 1. The van der Waals surface area contributed by atoms with Crippen LogP contribution < -0.4 is 10.5 Å². The van der Waals surface area contributed by atoms with Crippen molar-refractivity contribution < 1.29 is 4.74 Å². The predicted octanol–water partition coefficient (Wildman–Crippen LogP) is 3.22. The topological polar surface area (TPSA) is 35.2 Å². The monoisotopic (exact) mass is 225 g/mol. The molecule has 84 valence electrons. The quantitative estimate of drug-likeness (QED) is 0.799. The molecule has 1 atom stereocenters. The van der Waals surface area contributed by atoms with Crippen molar-refractivity contribution in [2.45, 2.75) is 37.0 Å². The summed E-state index contributed by atoms with van der Waals surface area (Å²) in [7, 11) is 1.69. The molecule has 0 bridgehead atoms. The number of rotatable bonds is 4. The second-order valence-electron chi connectivity index (χ2n) is 3.83. The largest absolute Gasteiger partial charge is 0.496 e. The molecular weight excluding hydrogens is 206 g/mol. The lowest BCUT2D eigenvalue weighted by molar-refractivity contribution is 0.405. The van der Waals surface area contributed by atoms with E-state index in [4.69, 9.17) is 10.5 Å². The number of thioether (sulfide) groups is 1. The molecule has 0 aliphatic rings. The van der Waals surface area contributed by atoms with E-state index in [-0.39, 0.29) is 6.04 Å². The fourth-order valence-electron chi connectivity index (χ4n) is 1.51. The Hall–Kier alpha value is -0.670. The summed E-state index contributed by atoms with van der Waals surface area (Å²) in [4.78, 5) is 1.22. The van der Waals surface area contributed by atoms with Gasteiger partial charge in [0.25, 0.3) is 0 Å². The average molecular weight is 225 g/mol. The first kappa shape index (κ1) is 12.4. The molecule has 0 aliphatic carbocycles. The molecule has 3 heteroatoms. The first-order chi connectivity index (χ1) is 7.06. The molecule has 0 fully saturated rings. The fraction of sp³-hybridized carbons (Fsp3) is 0.500. The van der Waals surface area contributed by atoms with Crippen LogP contribution in [0.4, 0.5) is 0 Å². The highest BCUT2D eigenvalue weighted by molar-refractivity contribution is 8.00. The summed E-state index contributed by atoms with van der Waals surface area (Å²) in [6, 6.07) is 6.08. The lowest BCUT2D eigenvalue weighted by Gasteiger charge is -2.17. The minimum Gasteiger partial charge on any atom is -0.496 e. The maximum atomic E-state index is 5.97. The molecular formula is C12H19NOS. The van der Waals surface area contributed by atoms with E-state index in [1.807, 2.05) is 30.8 Å². The van der Waals surface area contributed by atoms with E-state index in [1.54, 1.807) is 7.11 Å². The molecule has 1 aromatic carbocycles. The number of methoxy groups -OCH3 is 1. The number of hydrogen-bond donors (Lipinski definition) is 1. The van der Waals surface area contributed by atoms with Crippen LogP contribution >= 0.6 is 11.8 Å². The Morgan fingerprint density at radius 1 is 1.27 bits per heavy atom. The molecule has 0 aromatic heterocycles. The van der Waals surface area contributed by atoms with Crippen molar-refractivity contribution in [3.8, 4) is 5.75 Å². The minimum absolute atomic E-state index is 0.00222. The van der Waals surface area contributed by atoms with Crippen LogP contribution in [-0.2, 0) is 0 Å². The summed E-state index contributed by atoms with van der Waals surface area (Å²) in [6.45, 7) is 6.34. The zero-order valence-corrected chi connectivity index (χ0v) is 10.6. The Morgan fingerprint density at radius 3 is 2.40 bits per heavy atom. The third kappa shape index (κ3) is 3.14.